The van der Waals surface area contributed by atoms with E-state index >= 15 is 0 Å². The van der Waals surface area contributed by atoms with E-state index in [1.165, 1.54) is 0 Å². The first-order chi connectivity index (χ1) is 6.83. The fourth-order valence-electron chi connectivity index (χ4n) is 1.89. The Kier molecular flexibility index (Phi) is 2.84. The van der Waals surface area contributed by atoms with Gasteiger partial charge in [-0.3, -0.25) is 0 Å². The van der Waals surface area contributed by atoms with E-state index in [2.05, 4.69) is 4.98 Å². The fourth-order valence-corrected chi connectivity index (χ4v) is 1.89. The van der Waals surface area contributed by atoms with Crippen LogP contribution in [0.1, 0.15) is 23.8 Å². The lowest BCUT2D eigenvalue weighted by Gasteiger charge is -2.17. The molecule has 0 radical (unpaired) electrons. The molecule has 0 fully saturated rings. The molecule has 1 aromatic heterocycles. The molecule has 1 unspecified atom stereocenters. The van der Waals surface area contributed by atoms with Crippen molar-refractivity contribution in [2.45, 2.75) is 25.9 Å². The molecule has 1 aliphatic carbocycles. The average molecular weight is 196 g/mol. The van der Waals surface area contributed by atoms with Crippen LogP contribution in [0.4, 0.5) is 0 Å². The van der Waals surface area contributed by atoms with Crippen molar-refractivity contribution in [2.75, 3.05) is 13.7 Å². The van der Waals surface area contributed by atoms with Crippen molar-refractivity contribution in [3.63, 3.8) is 0 Å². The quantitative estimate of drug-likeness (QED) is 0.779. The van der Waals surface area contributed by atoms with Crippen LogP contribution in [-0.4, -0.2) is 18.6 Å². The molecule has 0 aliphatic heterocycles. The number of fused-ring (bicyclic) bond motifs is 1. The van der Waals surface area contributed by atoms with Gasteiger partial charge in [-0.25, -0.2) is 4.98 Å². The van der Waals surface area contributed by atoms with Crippen molar-refractivity contribution >= 4 is 0 Å². The van der Waals surface area contributed by atoms with Crippen LogP contribution in [0, 0.1) is 5.92 Å². The van der Waals surface area contributed by atoms with Crippen molar-refractivity contribution in [1.82, 2.24) is 4.98 Å². The number of nitrogens with zero attached hydrogens (tertiary/aromatic N) is 1. The third-order valence-electron chi connectivity index (χ3n) is 2.69. The average Bonchev–Trinajstić information content (AvgIpc) is 2.59. The molecular formula is C10H16N2O2. The number of methoxy groups -OCH3 is 1. The summed E-state index contributed by atoms with van der Waals surface area (Å²) in [6.45, 7) is 1.20. The lowest BCUT2D eigenvalue weighted by atomic mass is 9.90. The molecule has 0 spiro atoms. The minimum atomic E-state index is 0.459. The van der Waals surface area contributed by atoms with E-state index in [1.54, 1.807) is 7.11 Å². The molecular weight excluding hydrogens is 180 g/mol. The molecule has 14 heavy (non-hydrogen) atoms. The zero-order valence-electron chi connectivity index (χ0n) is 8.45. The van der Waals surface area contributed by atoms with Gasteiger partial charge in [-0.2, -0.15) is 0 Å². The van der Waals surface area contributed by atoms with Gasteiger partial charge in [-0.05, 0) is 25.3 Å². The van der Waals surface area contributed by atoms with Crippen molar-refractivity contribution in [3.8, 4) is 0 Å². The Bertz CT molecular complexity index is 309. The van der Waals surface area contributed by atoms with Gasteiger partial charge in [0, 0.05) is 13.5 Å². The second-order valence-corrected chi connectivity index (χ2v) is 3.76. The number of rotatable bonds is 3. The molecule has 4 nitrogen and oxygen atoms in total. The Balaban J connectivity index is 2.12. The Labute approximate surface area is 83.4 Å². The van der Waals surface area contributed by atoms with E-state index in [0.29, 0.717) is 18.4 Å². The monoisotopic (exact) mass is 196 g/mol. The zero-order valence-corrected chi connectivity index (χ0v) is 8.45. The molecule has 1 atom stereocenters. The van der Waals surface area contributed by atoms with Crippen molar-refractivity contribution in [3.05, 3.63) is 17.3 Å². The second kappa shape index (κ2) is 4.11. The highest BCUT2D eigenvalue weighted by molar-refractivity contribution is 5.14. The van der Waals surface area contributed by atoms with Gasteiger partial charge in [0.1, 0.15) is 12.4 Å². The third-order valence-corrected chi connectivity index (χ3v) is 2.69. The lowest BCUT2D eigenvalue weighted by Crippen LogP contribution is -2.21. The predicted octanol–water partition coefficient (Wildman–Crippen LogP) is 0.885. The highest BCUT2D eigenvalue weighted by Crippen LogP contribution is 2.25. The summed E-state index contributed by atoms with van der Waals surface area (Å²) in [5.74, 6) is 2.29. The molecule has 0 amide bonds. The topological polar surface area (TPSA) is 61.3 Å². The zero-order chi connectivity index (χ0) is 9.97. The predicted molar refractivity (Wildman–Crippen MR) is 51.8 cm³/mol. The van der Waals surface area contributed by atoms with Crippen LogP contribution >= 0.6 is 0 Å². The summed E-state index contributed by atoms with van der Waals surface area (Å²) in [6, 6.07) is 0. The van der Waals surface area contributed by atoms with Crippen LogP contribution in [0.5, 0.6) is 0 Å². The molecule has 1 aromatic rings. The summed E-state index contributed by atoms with van der Waals surface area (Å²) in [6.07, 6.45) is 3.04. The van der Waals surface area contributed by atoms with Crippen LogP contribution in [0.15, 0.2) is 4.42 Å². The fraction of sp³-hybridized carbons (Fsp3) is 0.700. The molecule has 0 saturated carbocycles. The number of nitrogens with two attached hydrogens (primary N) is 1. The normalized spacial score (nSPS) is 20.9. The molecule has 1 heterocycles. The number of aryl methyl sites for hydroxylation is 1. The number of aromatic nitrogens is 1. The van der Waals surface area contributed by atoms with Crippen LogP contribution in [0.3, 0.4) is 0 Å². The first-order valence-electron chi connectivity index (χ1n) is 5.00. The molecule has 0 saturated heterocycles. The van der Waals surface area contributed by atoms with Crippen molar-refractivity contribution in [1.29, 1.82) is 0 Å². The number of hydrogen-bond donors (Lipinski definition) is 1. The van der Waals surface area contributed by atoms with Crippen molar-refractivity contribution < 1.29 is 9.15 Å². The van der Waals surface area contributed by atoms with E-state index in [9.17, 15) is 0 Å². The Hall–Kier alpha value is -0.870. The standard InChI is InChI=1S/C10H16N2O2/c1-13-6-10-12-8-4-7(5-11)2-3-9(8)14-10/h7H,2-6,11H2,1H3. The highest BCUT2D eigenvalue weighted by Gasteiger charge is 2.22. The van der Waals surface area contributed by atoms with Crippen LogP contribution in [0.25, 0.3) is 0 Å². The van der Waals surface area contributed by atoms with E-state index in [4.69, 9.17) is 14.9 Å². The summed E-state index contributed by atoms with van der Waals surface area (Å²) < 4.78 is 10.5. The molecule has 0 aromatic carbocycles. The first-order valence-corrected chi connectivity index (χ1v) is 5.00. The van der Waals surface area contributed by atoms with Gasteiger partial charge in [0.15, 0.2) is 0 Å². The van der Waals surface area contributed by atoms with Gasteiger partial charge >= 0.3 is 0 Å². The molecule has 2 N–H and O–H groups in total. The number of oxazole rings is 1. The van der Waals surface area contributed by atoms with E-state index in [1.807, 2.05) is 0 Å². The largest absolute Gasteiger partial charge is 0.443 e. The SMILES string of the molecule is COCc1nc2c(o1)CCC(CN)C2. The third kappa shape index (κ3) is 1.81. The van der Waals surface area contributed by atoms with Gasteiger partial charge < -0.3 is 14.9 Å². The number of hydrogen-bond acceptors (Lipinski definition) is 4. The van der Waals surface area contributed by atoms with Crippen LogP contribution in [0.2, 0.25) is 0 Å². The van der Waals surface area contributed by atoms with Crippen molar-refractivity contribution in [2.24, 2.45) is 11.7 Å². The summed E-state index contributed by atoms with van der Waals surface area (Å²) in [5.41, 5.74) is 6.72. The minimum absolute atomic E-state index is 0.459. The van der Waals surface area contributed by atoms with Gasteiger partial charge in [0.25, 0.3) is 0 Å². The maximum atomic E-state index is 5.64. The van der Waals surface area contributed by atoms with E-state index in [0.717, 1.165) is 37.3 Å². The van der Waals surface area contributed by atoms with Gasteiger partial charge in [0.2, 0.25) is 5.89 Å². The van der Waals surface area contributed by atoms with Crippen LogP contribution < -0.4 is 5.73 Å². The molecule has 1 aliphatic rings. The maximum Gasteiger partial charge on any atom is 0.220 e. The Morgan fingerprint density at radius 2 is 2.50 bits per heavy atom. The molecule has 78 valence electrons. The second-order valence-electron chi connectivity index (χ2n) is 3.76. The number of ether oxygens (including phenoxy) is 1. The van der Waals surface area contributed by atoms with Gasteiger partial charge in [-0.15, -0.1) is 0 Å². The molecule has 2 rings (SSSR count). The summed E-state index contributed by atoms with van der Waals surface area (Å²) >= 11 is 0. The van der Waals surface area contributed by atoms with E-state index in [-0.39, 0.29) is 0 Å². The molecule has 0 bridgehead atoms. The maximum absolute atomic E-state index is 5.64. The smallest absolute Gasteiger partial charge is 0.220 e. The highest BCUT2D eigenvalue weighted by atomic mass is 16.5. The lowest BCUT2D eigenvalue weighted by molar-refractivity contribution is 0.158. The van der Waals surface area contributed by atoms with Gasteiger partial charge in [-0.1, -0.05) is 0 Å². The summed E-state index contributed by atoms with van der Waals surface area (Å²) in [5, 5.41) is 0. The first kappa shape index (κ1) is 9.68. The van der Waals surface area contributed by atoms with E-state index < -0.39 is 0 Å². The Morgan fingerprint density at radius 3 is 3.21 bits per heavy atom. The summed E-state index contributed by atoms with van der Waals surface area (Å²) in [4.78, 5) is 4.39. The van der Waals surface area contributed by atoms with Crippen LogP contribution in [-0.2, 0) is 24.2 Å². The Morgan fingerprint density at radius 1 is 1.64 bits per heavy atom. The van der Waals surface area contributed by atoms with Gasteiger partial charge in [0.05, 0.1) is 5.69 Å². The minimum Gasteiger partial charge on any atom is -0.443 e. The summed E-state index contributed by atoms with van der Waals surface area (Å²) in [7, 11) is 1.64. The molecule has 4 heteroatoms.